The summed E-state index contributed by atoms with van der Waals surface area (Å²) in [7, 11) is 0. The molecule has 0 radical (unpaired) electrons. The zero-order valence-corrected chi connectivity index (χ0v) is 11.4. The van der Waals surface area contributed by atoms with Crippen LogP contribution in [0.1, 0.15) is 24.2 Å². The third kappa shape index (κ3) is 3.76. The Morgan fingerprint density at radius 1 is 1.14 bits per heavy atom. The molecule has 0 unspecified atom stereocenters. The molecule has 5 heteroatoms. The van der Waals surface area contributed by atoms with Crippen LogP contribution in [0.5, 0.6) is 5.75 Å². The van der Waals surface area contributed by atoms with Gasteiger partial charge < -0.3 is 9.84 Å². The summed E-state index contributed by atoms with van der Waals surface area (Å²) in [5.41, 5.74) is 0.0836. The highest BCUT2D eigenvalue weighted by Gasteiger charge is 2.32. The molecule has 0 aliphatic heterocycles. The monoisotopic (exact) mass is 296 g/mol. The molecule has 0 saturated carbocycles. The van der Waals surface area contributed by atoms with E-state index in [1.807, 2.05) is 0 Å². The summed E-state index contributed by atoms with van der Waals surface area (Å²) in [5, 5.41) is 9.55. The molecule has 0 aromatic heterocycles. The molecular formula is C16H15F3O2. The Morgan fingerprint density at radius 2 is 1.81 bits per heavy atom. The number of aliphatic hydroxyl groups excluding tert-OH is 1. The zero-order chi connectivity index (χ0) is 15.5. The smallest absolute Gasteiger partial charge is 0.306 e. The standard InChI is InChI=1S/C16H15F3O2/c1-11(20)14-8-7-13(17)9-15(14)21-10-16(18,19)12-5-3-2-4-6-12/h2-9,11,20H,10H2,1H3/t11-/m0/s1. The fraction of sp³-hybridized carbons (Fsp3) is 0.250. The number of aliphatic hydroxyl groups is 1. The molecule has 0 heterocycles. The van der Waals surface area contributed by atoms with Crippen LogP contribution in [0.4, 0.5) is 13.2 Å². The van der Waals surface area contributed by atoms with Gasteiger partial charge in [-0.2, -0.15) is 8.78 Å². The molecule has 0 bridgehead atoms. The van der Waals surface area contributed by atoms with E-state index in [1.165, 1.54) is 37.3 Å². The summed E-state index contributed by atoms with van der Waals surface area (Å²) in [6.45, 7) is 0.523. The molecule has 1 atom stereocenters. The fourth-order valence-electron chi connectivity index (χ4n) is 1.91. The van der Waals surface area contributed by atoms with Crippen molar-refractivity contribution in [1.82, 2.24) is 0 Å². The number of rotatable bonds is 5. The Hall–Kier alpha value is -2.01. The van der Waals surface area contributed by atoms with E-state index in [0.717, 1.165) is 12.1 Å². The highest BCUT2D eigenvalue weighted by molar-refractivity contribution is 5.35. The predicted octanol–water partition coefficient (Wildman–Crippen LogP) is 4.05. The highest BCUT2D eigenvalue weighted by atomic mass is 19.3. The van der Waals surface area contributed by atoms with Crippen LogP contribution < -0.4 is 4.74 Å². The van der Waals surface area contributed by atoms with Gasteiger partial charge in [0.25, 0.3) is 0 Å². The molecule has 0 spiro atoms. The summed E-state index contributed by atoms with van der Waals surface area (Å²) >= 11 is 0. The minimum atomic E-state index is -3.20. The van der Waals surface area contributed by atoms with Crippen molar-refractivity contribution in [3.8, 4) is 5.75 Å². The number of hydrogen-bond acceptors (Lipinski definition) is 2. The third-order valence-electron chi connectivity index (χ3n) is 3.03. The summed E-state index contributed by atoms with van der Waals surface area (Å²) in [5.74, 6) is -3.90. The Labute approximate surface area is 120 Å². The van der Waals surface area contributed by atoms with Gasteiger partial charge in [0, 0.05) is 17.2 Å². The summed E-state index contributed by atoms with van der Waals surface area (Å²) < 4.78 is 46.2. The van der Waals surface area contributed by atoms with Gasteiger partial charge in [0.15, 0.2) is 6.61 Å². The van der Waals surface area contributed by atoms with Crippen LogP contribution >= 0.6 is 0 Å². The van der Waals surface area contributed by atoms with E-state index in [1.54, 1.807) is 6.07 Å². The van der Waals surface area contributed by atoms with Crippen LogP contribution in [0.15, 0.2) is 48.5 Å². The van der Waals surface area contributed by atoms with Crippen LogP contribution in [0, 0.1) is 5.82 Å². The van der Waals surface area contributed by atoms with Gasteiger partial charge in [0.2, 0.25) is 0 Å². The van der Waals surface area contributed by atoms with Gasteiger partial charge in [-0.1, -0.05) is 30.3 Å². The van der Waals surface area contributed by atoms with Crippen LogP contribution in [-0.4, -0.2) is 11.7 Å². The van der Waals surface area contributed by atoms with E-state index in [9.17, 15) is 18.3 Å². The molecule has 0 fully saturated rings. The van der Waals surface area contributed by atoms with Crippen molar-refractivity contribution < 1.29 is 23.0 Å². The van der Waals surface area contributed by atoms with Crippen LogP contribution in [0.3, 0.4) is 0 Å². The van der Waals surface area contributed by atoms with Gasteiger partial charge in [0.1, 0.15) is 11.6 Å². The molecule has 2 rings (SSSR count). The molecule has 2 aromatic rings. The van der Waals surface area contributed by atoms with Crippen molar-refractivity contribution in [2.45, 2.75) is 19.0 Å². The van der Waals surface area contributed by atoms with E-state index in [4.69, 9.17) is 4.74 Å². The Kier molecular flexibility index (Phi) is 4.53. The summed E-state index contributed by atoms with van der Waals surface area (Å²) in [6, 6.07) is 10.7. The normalized spacial score (nSPS) is 13.0. The van der Waals surface area contributed by atoms with Gasteiger partial charge in [-0.25, -0.2) is 4.39 Å². The van der Waals surface area contributed by atoms with Gasteiger partial charge >= 0.3 is 5.92 Å². The molecule has 21 heavy (non-hydrogen) atoms. The predicted molar refractivity (Wildman–Crippen MR) is 72.9 cm³/mol. The fourth-order valence-corrected chi connectivity index (χ4v) is 1.91. The van der Waals surface area contributed by atoms with E-state index < -0.39 is 24.5 Å². The topological polar surface area (TPSA) is 29.5 Å². The molecular weight excluding hydrogens is 281 g/mol. The first-order valence-corrected chi connectivity index (χ1v) is 6.44. The first-order chi connectivity index (χ1) is 9.90. The molecule has 0 saturated heterocycles. The van der Waals surface area contributed by atoms with Gasteiger partial charge in [-0.3, -0.25) is 0 Å². The number of benzene rings is 2. The quantitative estimate of drug-likeness (QED) is 0.902. The van der Waals surface area contributed by atoms with Crippen molar-refractivity contribution >= 4 is 0 Å². The Bertz CT molecular complexity index is 598. The van der Waals surface area contributed by atoms with Gasteiger partial charge in [-0.15, -0.1) is 0 Å². The van der Waals surface area contributed by atoms with Crippen LogP contribution in [0.2, 0.25) is 0 Å². The minimum Gasteiger partial charge on any atom is -0.486 e. The molecule has 0 aliphatic rings. The van der Waals surface area contributed by atoms with E-state index in [0.29, 0.717) is 0 Å². The van der Waals surface area contributed by atoms with E-state index >= 15 is 0 Å². The summed E-state index contributed by atoms with van der Waals surface area (Å²) in [6.07, 6.45) is -0.939. The number of alkyl halides is 2. The summed E-state index contributed by atoms with van der Waals surface area (Å²) in [4.78, 5) is 0. The largest absolute Gasteiger partial charge is 0.486 e. The number of ether oxygens (including phenoxy) is 1. The van der Waals surface area contributed by atoms with Gasteiger partial charge in [0.05, 0.1) is 6.10 Å². The highest BCUT2D eigenvalue weighted by Crippen LogP contribution is 2.31. The second kappa shape index (κ2) is 6.18. The molecule has 112 valence electrons. The average Bonchev–Trinajstić information content (AvgIpc) is 2.46. The molecule has 1 N–H and O–H groups in total. The van der Waals surface area contributed by atoms with E-state index in [-0.39, 0.29) is 16.9 Å². The zero-order valence-electron chi connectivity index (χ0n) is 11.4. The number of hydrogen-bond donors (Lipinski definition) is 1. The van der Waals surface area contributed by atoms with Crippen molar-refractivity contribution in [1.29, 1.82) is 0 Å². The van der Waals surface area contributed by atoms with Crippen LogP contribution in [-0.2, 0) is 5.92 Å². The van der Waals surface area contributed by atoms with E-state index in [2.05, 4.69) is 0 Å². The van der Waals surface area contributed by atoms with Crippen molar-refractivity contribution in [3.63, 3.8) is 0 Å². The first-order valence-electron chi connectivity index (χ1n) is 6.44. The van der Waals surface area contributed by atoms with Crippen molar-refractivity contribution in [2.75, 3.05) is 6.61 Å². The lowest BCUT2D eigenvalue weighted by molar-refractivity contribution is -0.0474. The lowest BCUT2D eigenvalue weighted by Gasteiger charge is -2.19. The Morgan fingerprint density at radius 3 is 2.43 bits per heavy atom. The maximum absolute atomic E-state index is 14.0. The lowest BCUT2D eigenvalue weighted by Crippen LogP contribution is -2.23. The maximum atomic E-state index is 14.0. The molecule has 0 aliphatic carbocycles. The van der Waals surface area contributed by atoms with Crippen molar-refractivity contribution in [3.05, 3.63) is 65.5 Å². The maximum Gasteiger partial charge on any atom is 0.306 e. The molecule has 2 nitrogen and oxygen atoms in total. The molecule has 0 amide bonds. The Balaban J connectivity index is 2.18. The van der Waals surface area contributed by atoms with Crippen LogP contribution in [0.25, 0.3) is 0 Å². The van der Waals surface area contributed by atoms with Gasteiger partial charge in [-0.05, 0) is 19.1 Å². The SMILES string of the molecule is C[C@H](O)c1ccc(F)cc1OCC(F)(F)c1ccccc1. The average molecular weight is 296 g/mol. The van der Waals surface area contributed by atoms with Crippen molar-refractivity contribution in [2.24, 2.45) is 0 Å². The third-order valence-corrected chi connectivity index (χ3v) is 3.03. The number of halogens is 3. The first kappa shape index (κ1) is 15.4. The second-order valence-corrected chi connectivity index (χ2v) is 4.72. The minimum absolute atomic E-state index is 0.0828. The second-order valence-electron chi connectivity index (χ2n) is 4.72. The lowest BCUT2D eigenvalue weighted by atomic mass is 10.1. The molecule has 2 aromatic carbocycles.